The van der Waals surface area contributed by atoms with Crippen LogP contribution in [0.3, 0.4) is 0 Å². The zero-order valence-electron chi connectivity index (χ0n) is 16.7. The zero-order valence-corrected chi connectivity index (χ0v) is 17.5. The summed E-state index contributed by atoms with van der Waals surface area (Å²) in [4.78, 5) is 8.92. The lowest BCUT2D eigenvalue weighted by atomic mass is 10.1. The monoisotopic (exact) mass is 431 g/mol. The largest absolute Gasteiger partial charge is 0.369 e. The van der Waals surface area contributed by atoms with E-state index in [0.29, 0.717) is 29.2 Å². The van der Waals surface area contributed by atoms with Crippen LogP contribution in [0.2, 0.25) is 0 Å². The van der Waals surface area contributed by atoms with Crippen molar-refractivity contribution in [3.05, 3.63) is 60.1 Å². The number of morpholine rings is 1. The molecule has 30 heavy (non-hydrogen) atoms. The molecule has 3 aromatic rings. The second-order valence-electron chi connectivity index (χ2n) is 6.96. The Morgan fingerprint density at radius 3 is 2.80 bits per heavy atom. The Labute approximate surface area is 174 Å². The molecule has 4 rings (SSSR count). The van der Waals surface area contributed by atoms with Gasteiger partial charge in [-0.25, -0.2) is 12.8 Å². The summed E-state index contributed by atoms with van der Waals surface area (Å²) in [6.45, 7) is 4.69. The highest BCUT2D eigenvalue weighted by molar-refractivity contribution is 7.89. The van der Waals surface area contributed by atoms with E-state index < -0.39 is 16.1 Å². The number of nitrogens with zero attached hydrogens (tertiary/aromatic N) is 5. The van der Waals surface area contributed by atoms with Crippen LogP contribution in [0.15, 0.2) is 47.8 Å². The van der Waals surface area contributed by atoms with Crippen LogP contribution in [0.25, 0.3) is 11.3 Å². The molecule has 0 saturated carbocycles. The third kappa shape index (κ3) is 3.85. The first-order chi connectivity index (χ1) is 14.4. The highest BCUT2D eigenvalue weighted by Gasteiger charge is 2.35. The molecule has 0 N–H and O–H groups in total. The number of ether oxygens (including phenoxy) is 1. The van der Waals surface area contributed by atoms with Crippen molar-refractivity contribution in [2.45, 2.75) is 31.4 Å². The number of aromatic nitrogens is 4. The van der Waals surface area contributed by atoms with Gasteiger partial charge >= 0.3 is 0 Å². The Hall–Kier alpha value is -2.69. The van der Waals surface area contributed by atoms with Gasteiger partial charge in [-0.15, -0.1) is 0 Å². The predicted octanol–water partition coefficient (Wildman–Crippen LogP) is 2.57. The van der Waals surface area contributed by atoms with Crippen LogP contribution in [-0.2, 0) is 21.3 Å². The molecule has 0 spiro atoms. The third-order valence-corrected chi connectivity index (χ3v) is 6.97. The molecule has 0 unspecified atom stereocenters. The summed E-state index contributed by atoms with van der Waals surface area (Å²) in [5.41, 5.74) is 1.96. The van der Waals surface area contributed by atoms with Crippen LogP contribution in [-0.4, -0.2) is 52.2 Å². The van der Waals surface area contributed by atoms with Gasteiger partial charge in [0.05, 0.1) is 23.7 Å². The standard InChI is InChI=1S/C20H22FN5O3S/c1-3-25-13-18(14(2)24-25)30(27,28)26-9-10-29-17(12-26)20-19(22-7-8-23-20)15-5-4-6-16(21)11-15/h4-8,11,13,17H,3,9-10,12H2,1-2H3/t17-/m0/s1. The van der Waals surface area contributed by atoms with Crippen molar-refractivity contribution in [3.8, 4) is 11.3 Å². The minimum atomic E-state index is -3.75. The quantitative estimate of drug-likeness (QED) is 0.617. The van der Waals surface area contributed by atoms with Crippen LogP contribution < -0.4 is 0 Å². The molecule has 1 fully saturated rings. The molecule has 8 nitrogen and oxygen atoms in total. The maximum absolute atomic E-state index is 13.7. The molecule has 1 saturated heterocycles. The fourth-order valence-corrected chi connectivity index (χ4v) is 5.10. The molecule has 0 aliphatic carbocycles. The highest BCUT2D eigenvalue weighted by atomic mass is 32.2. The van der Waals surface area contributed by atoms with Gasteiger partial charge in [0.15, 0.2) is 0 Å². The normalized spacial score (nSPS) is 17.9. The average Bonchev–Trinajstić information content (AvgIpc) is 3.15. The molecular weight excluding hydrogens is 409 g/mol. The van der Waals surface area contributed by atoms with Crippen LogP contribution in [0, 0.1) is 12.7 Å². The summed E-state index contributed by atoms with van der Waals surface area (Å²) in [5.74, 6) is -0.388. The number of hydrogen-bond donors (Lipinski definition) is 0. The first-order valence-electron chi connectivity index (χ1n) is 9.62. The number of halogens is 1. The Morgan fingerprint density at radius 2 is 2.07 bits per heavy atom. The fraction of sp³-hybridized carbons (Fsp3) is 0.350. The first kappa shape index (κ1) is 20.6. The molecule has 158 valence electrons. The van der Waals surface area contributed by atoms with Crippen molar-refractivity contribution in [3.63, 3.8) is 0 Å². The summed E-state index contributed by atoms with van der Waals surface area (Å²) in [6, 6.07) is 6.04. The topological polar surface area (TPSA) is 90.2 Å². The van der Waals surface area contributed by atoms with E-state index in [4.69, 9.17) is 4.74 Å². The van der Waals surface area contributed by atoms with Crippen molar-refractivity contribution in [2.75, 3.05) is 19.7 Å². The third-order valence-electron chi connectivity index (χ3n) is 5.00. The molecule has 3 heterocycles. The van der Waals surface area contributed by atoms with Gasteiger partial charge in [-0.05, 0) is 26.0 Å². The zero-order chi connectivity index (χ0) is 21.3. The molecule has 0 bridgehead atoms. The minimum Gasteiger partial charge on any atom is -0.369 e. The lowest BCUT2D eigenvalue weighted by Crippen LogP contribution is -2.42. The van der Waals surface area contributed by atoms with Crippen LogP contribution >= 0.6 is 0 Å². The fourth-order valence-electron chi connectivity index (χ4n) is 3.51. The maximum Gasteiger partial charge on any atom is 0.246 e. The lowest BCUT2D eigenvalue weighted by Gasteiger charge is -2.32. The van der Waals surface area contributed by atoms with Gasteiger partial charge in [-0.3, -0.25) is 14.6 Å². The van der Waals surface area contributed by atoms with Crippen molar-refractivity contribution >= 4 is 10.0 Å². The van der Waals surface area contributed by atoms with Gasteiger partial charge in [-0.1, -0.05) is 12.1 Å². The molecule has 10 heteroatoms. The molecule has 2 aromatic heterocycles. The van der Waals surface area contributed by atoms with Crippen molar-refractivity contribution < 1.29 is 17.5 Å². The number of hydrogen-bond acceptors (Lipinski definition) is 6. The predicted molar refractivity (Wildman–Crippen MR) is 108 cm³/mol. The summed E-state index contributed by atoms with van der Waals surface area (Å²) in [6.07, 6.45) is 3.96. The van der Waals surface area contributed by atoms with E-state index in [2.05, 4.69) is 15.1 Å². The van der Waals surface area contributed by atoms with Crippen LogP contribution in [0.4, 0.5) is 4.39 Å². The molecule has 0 radical (unpaired) electrons. The number of sulfonamides is 1. The van der Waals surface area contributed by atoms with E-state index in [9.17, 15) is 12.8 Å². The van der Waals surface area contributed by atoms with Gasteiger partial charge in [0.25, 0.3) is 0 Å². The average molecular weight is 431 g/mol. The smallest absolute Gasteiger partial charge is 0.246 e. The lowest BCUT2D eigenvalue weighted by molar-refractivity contribution is -0.00478. The minimum absolute atomic E-state index is 0.0834. The second kappa shape index (κ2) is 8.21. The number of benzene rings is 1. The molecule has 1 aromatic carbocycles. The van der Waals surface area contributed by atoms with E-state index >= 15 is 0 Å². The SMILES string of the molecule is CCn1cc(S(=O)(=O)N2CCO[C@H](c3nccnc3-c3cccc(F)c3)C2)c(C)n1. The molecule has 1 aliphatic heterocycles. The summed E-state index contributed by atoms with van der Waals surface area (Å²) < 4.78 is 49.1. The van der Waals surface area contributed by atoms with Gasteiger partial charge < -0.3 is 4.74 Å². The van der Waals surface area contributed by atoms with Crippen LogP contribution in [0.5, 0.6) is 0 Å². The van der Waals surface area contributed by atoms with Crippen molar-refractivity contribution in [1.82, 2.24) is 24.1 Å². The molecule has 0 amide bonds. The summed E-state index contributed by atoms with van der Waals surface area (Å²) >= 11 is 0. The van der Waals surface area contributed by atoms with E-state index in [-0.39, 0.29) is 30.4 Å². The first-order valence-corrected chi connectivity index (χ1v) is 11.1. The molecular formula is C20H22FN5O3S. The van der Waals surface area contributed by atoms with Gasteiger partial charge in [0, 0.05) is 43.8 Å². The Balaban J connectivity index is 1.66. The second-order valence-corrected chi connectivity index (χ2v) is 8.86. The van der Waals surface area contributed by atoms with E-state index in [1.807, 2.05) is 6.92 Å². The van der Waals surface area contributed by atoms with Gasteiger partial charge in [0.1, 0.15) is 16.8 Å². The summed E-state index contributed by atoms with van der Waals surface area (Å²) in [5, 5.41) is 4.25. The van der Waals surface area contributed by atoms with E-state index in [1.54, 1.807) is 29.9 Å². The highest BCUT2D eigenvalue weighted by Crippen LogP contribution is 2.31. The Bertz CT molecular complexity index is 1160. The van der Waals surface area contributed by atoms with E-state index in [0.717, 1.165) is 0 Å². The maximum atomic E-state index is 13.7. The van der Waals surface area contributed by atoms with Crippen LogP contribution in [0.1, 0.15) is 24.4 Å². The summed E-state index contributed by atoms with van der Waals surface area (Å²) in [7, 11) is -3.75. The molecule has 1 aliphatic rings. The van der Waals surface area contributed by atoms with Gasteiger partial charge in [-0.2, -0.15) is 9.40 Å². The van der Waals surface area contributed by atoms with Crippen molar-refractivity contribution in [2.24, 2.45) is 0 Å². The Morgan fingerprint density at radius 1 is 1.27 bits per heavy atom. The number of rotatable bonds is 5. The Kier molecular flexibility index (Phi) is 5.63. The molecule has 1 atom stereocenters. The van der Waals surface area contributed by atoms with E-state index in [1.165, 1.54) is 28.8 Å². The number of aryl methyl sites for hydroxylation is 2. The van der Waals surface area contributed by atoms with Gasteiger partial charge in [0.2, 0.25) is 10.0 Å². The van der Waals surface area contributed by atoms with Crippen molar-refractivity contribution in [1.29, 1.82) is 0 Å².